The van der Waals surface area contributed by atoms with Gasteiger partial charge in [0, 0.05) is 25.4 Å². The first-order valence-corrected chi connectivity index (χ1v) is 10.5. The number of hydrogen-bond acceptors (Lipinski definition) is 8. The van der Waals surface area contributed by atoms with E-state index >= 15 is 0 Å². The highest BCUT2D eigenvalue weighted by atomic mass is 35.5. The Kier molecular flexibility index (Phi) is 5.38. The Bertz CT molecular complexity index is 1440. The van der Waals surface area contributed by atoms with Gasteiger partial charge >= 0.3 is 0 Å². The average molecular weight is 447 g/mol. The van der Waals surface area contributed by atoms with Crippen molar-refractivity contribution in [3.63, 3.8) is 0 Å². The van der Waals surface area contributed by atoms with Gasteiger partial charge in [0.1, 0.15) is 23.6 Å². The molecule has 0 amide bonds. The summed E-state index contributed by atoms with van der Waals surface area (Å²) in [5, 5.41) is 4.65. The van der Waals surface area contributed by atoms with Crippen LogP contribution < -0.4 is 5.32 Å². The monoisotopic (exact) mass is 446 g/mol. The number of benzene rings is 1. The normalized spacial score (nSPS) is 11.3. The van der Waals surface area contributed by atoms with Gasteiger partial charge in [-0.05, 0) is 49.4 Å². The van der Waals surface area contributed by atoms with Crippen LogP contribution in [0, 0.1) is 6.92 Å². The van der Waals surface area contributed by atoms with Gasteiger partial charge in [0.05, 0.1) is 16.1 Å². The molecule has 5 aromatic rings. The van der Waals surface area contributed by atoms with Crippen molar-refractivity contribution in [3.05, 3.63) is 65.4 Å². The zero-order valence-corrected chi connectivity index (χ0v) is 18.2. The minimum atomic E-state index is 0.277. The maximum Gasteiger partial charge on any atom is 0.192 e. The van der Waals surface area contributed by atoms with E-state index in [1.165, 1.54) is 0 Å². The van der Waals surface area contributed by atoms with Crippen LogP contribution in [0.3, 0.4) is 0 Å². The van der Waals surface area contributed by atoms with E-state index in [2.05, 4.69) is 25.3 Å². The van der Waals surface area contributed by atoms with Crippen LogP contribution in [0.4, 0.5) is 11.5 Å². The van der Waals surface area contributed by atoms with Crippen LogP contribution in [0.5, 0.6) is 0 Å². The highest BCUT2D eigenvalue weighted by Gasteiger charge is 2.14. The van der Waals surface area contributed by atoms with Gasteiger partial charge in [-0.25, -0.2) is 19.9 Å². The lowest BCUT2D eigenvalue weighted by atomic mass is 10.2. The van der Waals surface area contributed by atoms with Crippen LogP contribution in [0.2, 0.25) is 5.02 Å². The van der Waals surface area contributed by atoms with Gasteiger partial charge in [-0.2, -0.15) is 0 Å². The molecule has 0 aliphatic rings. The molecule has 0 unspecified atom stereocenters. The second kappa shape index (κ2) is 8.49. The van der Waals surface area contributed by atoms with Crippen LogP contribution in [0.1, 0.15) is 18.6 Å². The fourth-order valence-electron chi connectivity index (χ4n) is 3.37. The van der Waals surface area contributed by atoms with Gasteiger partial charge < -0.3 is 14.5 Å². The number of oxazole rings is 1. The molecule has 0 aliphatic heterocycles. The Morgan fingerprint density at radius 1 is 1.06 bits per heavy atom. The Hall–Kier alpha value is -3.62. The number of aromatic nitrogens is 5. The summed E-state index contributed by atoms with van der Waals surface area (Å²) in [5.41, 5.74) is 4.08. The Morgan fingerprint density at radius 3 is 2.81 bits per heavy atom. The molecule has 8 nitrogen and oxygen atoms in total. The van der Waals surface area contributed by atoms with Crippen molar-refractivity contribution in [2.45, 2.75) is 20.5 Å². The molecular formula is C23H19ClN6O2. The van der Waals surface area contributed by atoms with Crippen LogP contribution in [0.25, 0.3) is 33.5 Å². The SMILES string of the molecule is CCOCc1nc(Nc2ccc3oc(C)nc3c2)c2ccc(-c3ncccc3Cl)nc2n1. The van der Waals surface area contributed by atoms with Gasteiger partial charge in [0.15, 0.2) is 22.9 Å². The summed E-state index contributed by atoms with van der Waals surface area (Å²) in [6, 6.07) is 13.0. The predicted octanol–water partition coefficient (Wildman–Crippen LogP) is 5.47. The summed E-state index contributed by atoms with van der Waals surface area (Å²) in [6.07, 6.45) is 1.68. The van der Waals surface area contributed by atoms with Crippen LogP contribution in [-0.2, 0) is 11.3 Å². The third-order valence-corrected chi connectivity index (χ3v) is 5.10. The predicted molar refractivity (Wildman–Crippen MR) is 123 cm³/mol. The molecule has 4 heterocycles. The van der Waals surface area contributed by atoms with E-state index in [0.717, 1.165) is 22.2 Å². The zero-order valence-electron chi connectivity index (χ0n) is 17.5. The molecule has 4 aromatic heterocycles. The van der Waals surface area contributed by atoms with Gasteiger partial charge in [-0.3, -0.25) is 4.98 Å². The van der Waals surface area contributed by atoms with Crippen molar-refractivity contribution in [2.24, 2.45) is 0 Å². The van der Waals surface area contributed by atoms with E-state index < -0.39 is 0 Å². The number of nitrogens with one attached hydrogen (secondary N) is 1. The van der Waals surface area contributed by atoms with E-state index in [1.54, 1.807) is 18.3 Å². The first kappa shape index (κ1) is 20.3. The average Bonchev–Trinajstić information content (AvgIpc) is 3.17. The molecule has 0 fully saturated rings. The standard InChI is InChI=1S/C23H19ClN6O2/c1-3-31-12-20-29-22(27-14-6-9-19-18(11-14)26-13(2)32-19)15-7-8-17(28-23(15)30-20)21-16(24)5-4-10-25-21/h4-11H,3,12H2,1-2H3,(H,27,28,29,30). The van der Waals surface area contributed by atoms with E-state index in [-0.39, 0.29) is 6.61 Å². The topological polar surface area (TPSA) is 98.8 Å². The number of pyridine rings is 2. The largest absolute Gasteiger partial charge is 0.441 e. The number of hydrogen-bond donors (Lipinski definition) is 1. The molecule has 0 saturated heterocycles. The fraction of sp³-hybridized carbons (Fsp3) is 0.174. The molecule has 0 saturated carbocycles. The summed E-state index contributed by atoms with van der Waals surface area (Å²) in [7, 11) is 0. The van der Waals surface area contributed by atoms with E-state index in [4.69, 9.17) is 25.7 Å². The van der Waals surface area contributed by atoms with Gasteiger partial charge in [0.25, 0.3) is 0 Å². The summed E-state index contributed by atoms with van der Waals surface area (Å²) in [4.78, 5) is 22.7. The molecule has 5 rings (SSSR count). The molecule has 0 radical (unpaired) electrons. The Balaban J connectivity index is 1.60. The molecular weight excluding hydrogens is 428 g/mol. The van der Waals surface area contributed by atoms with Gasteiger partial charge in [-0.15, -0.1) is 0 Å². The van der Waals surface area contributed by atoms with Crippen LogP contribution in [0.15, 0.2) is 53.1 Å². The number of rotatable bonds is 6. The molecule has 1 N–H and O–H groups in total. The van der Waals surface area contributed by atoms with Crippen molar-refractivity contribution >= 4 is 45.2 Å². The van der Waals surface area contributed by atoms with E-state index in [1.807, 2.05) is 44.2 Å². The highest BCUT2D eigenvalue weighted by Crippen LogP contribution is 2.29. The number of aryl methyl sites for hydroxylation is 1. The van der Waals surface area contributed by atoms with Crippen LogP contribution in [-0.4, -0.2) is 31.5 Å². The molecule has 0 bridgehead atoms. The number of fused-ring (bicyclic) bond motifs is 2. The Morgan fingerprint density at radius 2 is 1.97 bits per heavy atom. The zero-order chi connectivity index (χ0) is 22.1. The lowest BCUT2D eigenvalue weighted by Crippen LogP contribution is -2.05. The first-order valence-electron chi connectivity index (χ1n) is 10.1. The summed E-state index contributed by atoms with van der Waals surface area (Å²) < 4.78 is 11.1. The third kappa shape index (κ3) is 3.98. The van der Waals surface area contributed by atoms with Crippen molar-refractivity contribution in [2.75, 3.05) is 11.9 Å². The molecule has 0 aliphatic carbocycles. The maximum atomic E-state index is 6.32. The van der Waals surface area contributed by atoms with Gasteiger partial charge in [0.2, 0.25) is 0 Å². The second-order valence-corrected chi connectivity index (χ2v) is 7.47. The minimum Gasteiger partial charge on any atom is -0.441 e. The Labute approximate surface area is 188 Å². The molecule has 32 heavy (non-hydrogen) atoms. The summed E-state index contributed by atoms with van der Waals surface area (Å²) in [6.45, 7) is 4.58. The number of ether oxygens (including phenoxy) is 1. The summed E-state index contributed by atoms with van der Waals surface area (Å²) in [5.74, 6) is 1.76. The molecule has 0 spiro atoms. The summed E-state index contributed by atoms with van der Waals surface area (Å²) >= 11 is 6.32. The number of halogens is 1. The molecule has 1 aromatic carbocycles. The fourth-order valence-corrected chi connectivity index (χ4v) is 3.59. The van der Waals surface area contributed by atoms with E-state index in [9.17, 15) is 0 Å². The highest BCUT2D eigenvalue weighted by molar-refractivity contribution is 6.32. The number of anilines is 2. The van der Waals surface area contributed by atoms with E-state index in [0.29, 0.717) is 46.2 Å². The van der Waals surface area contributed by atoms with Crippen LogP contribution >= 0.6 is 11.6 Å². The molecule has 160 valence electrons. The lowest BCUT2D eigenvalue weighted by molar-refractivity contribution is 0.128. The van der Waals surface area contributed by atoms with Crippen molar-refractivity contribution in [1.29, 1.82) is 0 Å². The smallest absolute Gasteiger partial charge is 0.192 e. The van der Waals surface area contributed by atoms with Crippen molar-refractivity contribution in [3.8, 4) is 11.4 Å². The molecule has 0 atom stereocenters. The van der Waals surface area contributed by atoms with Crippen molar-refractivity contribution in [1.82, 2.24) is 24.9 Å². The maximum absolute atomic E-state index is 6.32. The molecule has 9 heteroatoms. The third-order valence-electron chi connectivity index (χ3n) is 4.80. The quantitative estimate of drug-likeness (QED) is 0.366. The van der Waals surface area contributed by atoms with Gasteiger partial charge in [-0.1, -0.05) is 11.6 Å². The minimum absolute atomic E-state index is 0.277. The lowest BCUT2D eigenvalue weighted by Gasteiger charge is -2.12. The van der Waals surface area contributed by atoms with Crippen molar-refractivity contribution < 1.29 is 9.15 Å². The second-order valence-electron chi connectivity index (χ2n) is 7.07. The number of nitrogens with zero attached hydrogens (tertiary/aromatic N) is 5. The first-order chi connectivity index (χ1) is 15.6.